The minimum absolute atomic E-state index is 0.0446. The Morgan fingerprint density at radius 2 is 2.03 bits per heavy atom. The molecule has 9 heteroatoms. The first-order valence-corrected chi connectivity index (χ1v) is 9.99. The summed E-state index contributed by atoms with van der Waals surface area (Å²) in [5.74, 6) is 1.11. The molecule has 0 unspecified atom stereocenters. The lowest BCUT2D eigenvalue weighted by Gasteiger charge is -2.16. The summed E-state index contributed by atoms with van der Waals surface area (Å²) >= 11 is 0. The number of benzene rings is 1. The molecule has 3 aromatic heterocycles. The summed E-state index contributed by atoms with van der Waals surface area (Å²) in [7, 11) is 0. The number of nitrogens with zero attached hydrogens (tertiary/aromatic N) is 7. The quantitative estimate of drug-likeness (QED) is 0.516. The molecule has 1 aliphatic rings. The fraction of sp³-hybridized carbons (Fsp3) is 0.333. The summed E-state index contributed by atoms with van der Waals surface area (Å²) in [6.45, 7) is 5.20. The lowest BCUT2D eigenvalue weighted by molar-refractivity contribution is 0.0781. The van der Waals surface area contributed by atoms with E-state index in [1.165, 1.54) is 0 Å². The SMILES string of the molecule is CC(C)c1noc(-c2cn([C@@H]3CCN(C(=O)c4ccc5ccccc5n4)C3)nn2)n1. The second-order valence-corrected chi connectivity index (χ2v) is 7.78. The van der Waals surface area contributed by atoms with Crippen LogP contribution >= 0.6 is 0 Å². The molecule has 1 atom stereocenters. The molecule has 4 aromatic rings. The number of amides is 1. The van der Waals surface area contributed by atoms with E-state index in [1.807, 2.05) is 49.1 Å². The summed E-state index contributed by atoms with van der Waals surface area (Å²) in [5, 5.41) is 13.4. The molecule has 1 fully saturated rings. The van der Waals surface area contributed by atoms with Crippen molar-refractivity contribution >= 4 is 16.8 Å². The number of likely N-dealkylation sites (tertiary alicyclic amines) is 1. The van der Waals surface area contributed by atoms with Crippen LogP contribution in [0.15, 0.2) is 47.1 Å². The van der Waals surface area contributed by atoms with Gasteiger partial charge in [0.2, 0.25) is 0 Å². The standard InChI is InChI=1S/C21H21N7O2/c1-13(2)19-23-20(30-25-19)18-12-28(26-24-18)15-9-10-27(11-15)21(29)17-8-7-14-5-3-4-6-16(14)22-17/h3-8,12-13,15H,9-11H2,1-2H3/t15-/m1/s1. The van der Waals surface area contributed by atoms with Crippen molar-refractivity contribution in [2.24, 2.45) is 0 Å². The molecule has 4 heterocycles. The van der Waals surface area contributed by atoms with Crippen molar-refractivity contribution in [3.8, 4) is 11.6 Å². The maximum atomic E-state index is 12.9. The molecular formula is C21H21N7O2. The molecule has 9 nitrogen and oxygen atoms in total. The highest BCUT2D eigenvalue weighted by atomic mass is 16.5. The smallest absolute Gasteiger partial charge is 0.280 e. The maximum Gasteiger partial charge on any atom is 0.280 e. The molecule has 1 amide bonds. The molecule has 0 aliphatic carbocycles. The Labute approximate surface area is 172 Å². The second-order valence-electron chi connectivity index (χ2n) is 7.78. The molecule has 5 rings (SSSR count). The number of hydrogen-bond acceptors (Lipinski definition) is 7. The zero-order valence-corrected chi connectivity index (χ0v) is 16.8. The van der Waals surface area contributed by atoms with Gasteiger partial charge in [-0.1, -0.05) is 48.5 Å². The Morgan fingerprint density at radius 1 is 1.17 bits per heavy atom. The molecule has 1 aliphatic heterocycles. The highest BCUT2D eigenvalue weighted by Crippen LogP contribution is 2.25. The van der Waals surface area contributed by atoms with E-state index in [1.54, 1.807) is 16.9 Å². The van der Waals surface area contributed by atoms with Crippen molar-refractivity contribution in [1.29, 1.82) is 0 Å². The first-order valence-electron chi connectivity index (χ1n) is 9.99. The van der Waals surface area contributed by atoms with Crippen molar-refractivity contribution < 1.29 is 9.32 Å². The van der Waals surface area contributed by atoms with Crippen LogP contribution in [0.1, 0.15) is 48.5 Å². The van der Waals surface area contributed by atoms with Crippen LogP contribution < -0.4 is 0 Å². The van der Waals surface area contributed by atoms with Gasteiger partial charge in [0.25, 0.3) is 11.8 Å². The van der Waals surface area contributed by atoms with Gasteiger partial charge in [-0.05, 0) is 18.6 Å². The third-order valence-electron chi connectivity index (χ3n) is 5.33. The number of carbonyl (C=O) groups excluding carboxylic acids is 1. The van der Waals surface area contributed by atoms with E-state index in [4.69, 9.17) is 4.52 Å². The molecule has 1 aromatic carbocycles. The van der Waals surface area contributed by atoms with Crippen LogP contribution in [0.3, 0.4) is 0 Å². The van der Waals surface area contributed by atoms with Gasteiger partial charge >= 0.3 is 0 Å². The normalized spacial score (nSPS) is 16.6. The molecule has 0 saturated carbocycles. The summed E-state index contributed by atoms with van der Waals surface area (Å²) in [6.07, 6.45) is 2.59. The molecule has 0 radical (unpaired) electrons. The Balaban J connectivity index is 1.30. The Kier molecular flexibility index (Phi) is 4.50. The monoisotopic (exact) mass is 403 g/mol. The summed E-state index contributed by atoms with van der Waals surface area (Å²) in [4.78, 5) is 23.6. The van der Waals surface area contributed by atoms with Crippen LogP contribution in [0, 0.1) is 0 Å². The fourth-order valence-corrected chi connectivity index (χ4v) is 3.62. The molecule has 152 valence electrons. The van der Waals surface area contributed by atoms with Gasteiger partial charge in [0.05, 0.1) is 17.8 Å². The van der Waals surface area contributed by atoms with Crippen LogP contribution in [0.2, 0.25) is 0 Å². The van der Waals surface area contributed by atoms with Crippen LogP contribution in [0.25, 0.3) is 22.5 Å². The number of fused-ring (bicyclic) bond motifs is 1. The Hall–Kier alpha value is -3.62. The summed E-state index contributed by atoms with van der Waals surface area (Å²) < 4.78 is 7.06. The van der Waals surface area contributed by atoms with Gasteiger partial charge in [0.1, 0.15) is 5.69 Å². The number of aromatic nitrogens is 6. The summed E-state index contributed by atoms with van der Waals surface area (Å²) in [6, 6.07) is 11.5. The van der Waals surface area contributed by atoms with Crippen molar-refractivity contribution in [3.05, 3.63) is 54.1 Å². The highest BCUT2D eigenvalue weighted by molar-refractivity contribution is 5.95. The van der Waals surface area contributed by atoms with E-state index in [9.17, 15) is 4.79 Å². The minimum atomic E-state index is -0.0675. The average molecular weight is 403 g/mol. The third kappa shape index (κ3) is 3.32. The Bertz CT molecular complexity index is 1210. The van der Waals surface area contributed by atoms with Crippen molar-refractivity contribution in [1.82, 2.24) is 35.0 Å². The van der Waals surface area contributed by atoms with E-state index < -0.39 is 0 Å². The molecule has 1 saturated heterocycles. The minimum Gasteiger partial charge on any atom is -0.335 e. The second kappa shape index (κ2) is 7.33. The largest absolute Gasteiger partial charge is 0.335 e. The average Bonchev–Trinajstić information content (AvgIpc) is 3.52. The van der Waals surface area contributed by atoms with Crippen molar-refractivity contribution in [2.75, 3.05) is 13.1 Å². The number of rotatable bonds is 4. The number of carbonyl (C=O) groups is 1. The van der Waals surface area contributed by atoms with Gasteiger partial charge in [0.15, 0.2) is 11.5 Å². The van der Waals surface area contributed by atoms with Crippen LogP contribution in [-0.4, -0.2) is 54.0 Å². The first-order chi connectivity index (χ1) is 14.6. The van der Waals surface area contributed by atoms with Gasteiger partial charge < -0.3 is 9.42 Å². The third-order valence-corrected chi connectivity index (χ3v) is 5.33. The summed E-state index contributed by atoms with van der Waals surface area (Å²) in [5.41, 5.74) is 1.82. The maximum absolute atomic E-state index is 12.9. The van der Waals surface area contributed by atoms with Crippen LogP contribution in [0.5, 0.6) is 0 Å². The van der Waals surface area contributed by atoms with Crippen molar-refractivity contribution in [2.45, 2.75) is 32.2 Å². The predicted molar refractivity (Wildman–Crippen MR) is 109 cm³/mol. The van der Waals surface area contributed by atoms with Gasteiger partial charge in [-0.25, -0.2) is 9.67 Å². The number of para-hydroxylation sites is 1. The first kappa shape index (κ1) is 18.4. The van der Waals surface area contributed by atoms with Gasteiger partial charge in [-0.3, -0.25) is 4.79 Å². The van der Waals surface area contributed by atoms with E-state index in [-0.39, 0.29) is 17.9 Å². The molecule has 0 spiro atoms. The van der Waals surface area contributed by atoms with E-state index in [0.29, 0.717) is 36.2 Å². The zero-order chi connectivity index (χ0) is 20.7. The van der Waals surface area contributed by atoms with E-state index >= 15 is 0 Å². The van der Waals surface area contributed by atoms with E-state index in [2.05, 4.69) is 25.4 Å². The predicted octanol–water partition coefficient (Wildman–Crippen LogP) is 3.09. The molecule has 30 heavy (non-hydrogen) atoms. The van der Waals surface area contributed by atoms with Gasteiger partial charge in [-0.2, -0.15) is 4.98 Å². The number of hydrogen-bond donors (Lipinski definition) is 0. The van der Waals surface area contributed by atoms with Gasteiger partial charge in [-0.15, -0.1) is 5.10 Å². The topological polar surface area (TPSA) is 103 Å². The zero-order valence-electron chi connectivity index (χ0n) is 16.8. The molecular weight excluding hydrogens is 382 g/mol. The van der Waals surface area contributed by atoms with Crippen LogP contribution in [0.4, 0.5) is 0 Å². The van der Waals surface area contributed by atoms with Gasteiger partial charge in [0, 0.05) is 24.4 Å². The lowest BCUT2D eigenvalue weighted by Crippen LogP contribution is -2.29. The molecule has 0 N–H and O–H groups in total. The fourth-order valence-electron chi connectivity index (χ4n) is 3.62. The van der Waals surface area contributed by atoms with Crippen molar-refractivity contribution in [3.63, 3.8) is 0 Å². The lowest BCUT2D eigenvalue weighted by atomic mass is 10.2. The highest BCUT2D eigenvalue weighted by Gasteiger charge is 2.30. The Morgan fingerprint density at radius 3 is 2.87 bits per heavy atom. The van der Waals surface area contributed by atoms with E-state index in [0.717, 1.165) is 17.3 Å². The molecule has 0 bridgehead atoms. The number of pyridine rings is 1. The van der Waals surface area contributed by atoms with Crippen LogP contribution in [-0.2, 0) is 0 Å².